The first-order chi connectivity index (χ1) is 13.7. The Labute approximate surface area is 179 Å². The van der Waals surface area contributed by atoms with E-state index in [-0.39, 0.29) is 23.4 Å². The lowest BCUT2D eigenvalue weighted by atomic mass is 9.88. The average Bonchev–Trinajstić information content (AvgIpc) is 3.13. The number of amides is 1. The molecule has 0 saturated carbocycles. The molecule has 0 unspecified atom stereocenters. The van der Waals surface area contributed by atoms with E-state index in [9.17, 15) is 19.7 Å². The Morgan fingerprint density at radius 3 is 2.83 bits per heavy atom. The fourth-order valence-electron chi connectivity index (χ4n) is 3.34. The molecule has 0 aliphatic heterocycles. The molecule has 1 aliphatic rings. The number of thiophene rings is 1. The summed E-state index contributed by atoms with van der Waals surface area (Å²) < 4.78 is 6.70. The van der Waals surface area contributed by atoms with Crippen LogP contribution >= 0.6 is 27.3 Å². The van der Waals surface area contributed by atoms with Gasteiger partial charge < -0.3 is 20.2 Å². The van der Waals surface area contributed by atoms with Crippen molar-refractivity contribution in [1.29, 1.82) is 0 Å². The van der Waals surface area contributed by atoms with Crippen molar-refractivity contribution in [3.63, 3.8) is 0 Å². The van der Waals surface area contributed by atoms with E-state index in [2.05, 4.69) is 33.3 Å². The maximum Gasteiger partial charge on any atom is 0.404 e. The largest absolute Gasteiger partial charge is 0.462 e. The highest BCUT2D eigenvalue weighted by molar-refractivity contribution is 9.10. The average molecular weight is 485 g/mol. The Balaban J connectivity index is 1.86. The smallest absolute Gasteiger partial charge is 0.404 e. The molecule has 2 aromatic rings. The zero-order valence-electron chi connectivity index (χ0n) is 16.3. The number of fused-ring (bicyclic) bond motifs is 1. The van der Waals surface area contributed by atoms with Crippen LogP contribution in [0.25, 0.3) is 0 Å². The Hall–Kier alpha value is -2.27. The Morgan fingerprint density at radius 2 is 2.21 bits per heavy atom. The number of rotatable bonds is 6. The highest BCUT2D eigenvalue weighted by Crippen LogP contribution is 2.40. The molecule has 0 fully saturated rings. The van der Waals surface area contributed by atoms with Crippen molar-refractivity contribution in [2.75, 3.05) is 11.9 Å². The van der Waals surface area contributed by atoms with Crippen molar-refractivity contribution in [2.24, 2.45) is 5.92 Å². The van der Waals surface area contributed by atoms with Crippen LogP contribution in [0.2, 0.25) is 0 Å². The van der Waals surface area contributed by atoms with E-state index in [1.54, 1.807) is 13.8 Å². The van der Waals surface area contributed by atoms with Gasteiger partial charge >= 0.3 is 11.8 Å². The molecule has 156 valence electrons. The third-order valence-electron chi connectivity index (χ3n) is 4.83. The minimum Gasteiger partial charge on any atom is -0.462 e. The molecule has 11 heteroatoms. The van der Waals surface area contributed by atoms with E-state index in [4.69, 9.17) is 4.74 Å². The molecule has 0 saturated heterocycles. The lowest BCUT2D eigenvalue weighted by Gasteiger charge is -2.18. The Bertz CT molecular complexity index is 984. The third kappa shape index (κ3) is 4.35. The van der Waals surface area contributed by atoms with Crippen molar-refractivity contribution in [3.05, 3.63) is 36.3 Å². The molecular formula is C18H21BrN4O5S. The lowest BCUT2D eigenvalue weighted by Crippen LogP contribution is -2.21. The number of halogens is 1. The van der Waals surface area contributed by atoms with Gasteiger partial charge in [-0.05, 0) is 65.4 Å². The molecule has 1 aliphatic carbocycles. The van der Waals surface area contributed by atoms with Crippen molar-refractivity contribution in [1.82, 2.24) is 9.78 Å². The number of aromatic nitrogens is 2. The van der Waals surface area contributed by atoms with Gasteiger partial charge in [0.05, 0.1) is 23.0 Å². The minimum atomic E-state index is -0.612. The normalized spacial score (nSPS) is 15.7. The van der Waals surface area contributed by atoms with Gasteiger partial charge in [0.2, 0.25) is 5.91 Å². The van der Waals surface area contributed by atoms with E-state index < -0.39 is 16.8 Å². The molecule has 0 aromatic carbocycles. The third-order valence-corrected chi connectivity index (χ3v) is 6.93. The molecule has 1 N–H and O–H groups in total. The summed E-state index contributed by atoms with van der Waals surface area (Å²) in [6, 6.07) is 0. The van der Waals surface area contributed by atoms with Gasteiger partial charge in [-0.1, -0.05) is 6.92 Å². The topological polar surface area (TPSA) is 116 Å². The van der Waals surface area contributed by atoms with Crippen LogP contribution < -0.4 is 5.32 Å². The molecular weight excluding hydrogens is 464 g/mol. The standard InChI is InChI=1S/C18H21BrN4O5S/c1-4-28-18(25)14-11-6-5-9(2)7-12(11)29-17(14)20-13(24)8-22-10(3)15(19)16(21-22)23(26)27/h9H,4-8H2,1-3H3,(H,20,24)/t9-/m1/s1. The molecule has 0 spiro atoms. The van der Waals surface area contributed by atoms with E-state index in [1.807, 2.05) is 0 Å². The second-order valence-electron chi connectivity index (χ2n) is 6.96. The summed E-state index contributed by atoms with van der Waals surface area (Å²) in [5.41, 5.74) is 1.85. The van der Waals surface area contributed by atoms with E-state index in [0.29, 0.717) is 22.2 Å². The van der Waals surface area contributed by atoms with E-state index in [0.717, 1.165) is 29.7 Å². The summed E-state index contributed by atoms with van der Waals surface area (Å²) in [6.45, 7) is 5.57. The fraction of sp³-hybridized carbons (Fsp3) is 0.500. The fourth-order valence-corrected chi connectivity index (χ4v) is 5.18. The van der Waals surface area contributed by atoms with Crippen molar-refractivity contribution in [3.8, 4) is 0 Å². The summed E-state index contributed by atoms with van der Waals surface area (Å²) in [5, 5.41) is 18.2. The van der Waals surface area contributed by atoms with Gasteiger partial charge in [-0.25, -0.2) is 4.79 Å². The van der Waals surface area contributed by atoms with E-state index in [1.165, 1.54) is 16.0 Å². The predicted octanol–water partition coefficient (Wildman–Crippen LogP) is 3.86. The molecule has 2 heterocycles. The number of esters is 1. The summed E-state index contributed by atoms with van der Waals surface area (Å²) in [7, 11) is 0. The number of nitro groups is 1. The SMILES string of the molecule is CCOC(=O)c1c(NC(=O)Cn2nc([N+](=O)[O-])c(Br)c2C)sc2c1CC[C@@H](C)C2. The monoisotopic (exact) mass is 484 g/mol. The first-order valence-electron chi connectivity index (χ1n) is 9.21. The van der Waals surface area contributed by atoms with E-state index >= 15 is 0 Å². The van der Waals surface area contributed by atoms with Gasteiger partial charge in [0, 0.05) is 4.88 Å². The molecule has 2 aromatic heterocycles. The number of ether oxygens (including phenoxy) is 1. The second kappa shape index (κ2) is 8.62. The van der Waals surface area contributed by atoms with Crippen LogP contribution in [0, 0.1) is 23.0 Å². The van der Waals surface area contributed by atoms with Crippen LogP contribution in [0.1, 0.15) is 46.8 Å². The van der Waals surface area contributed by atoms with Crippen LogP contribution in [0.5, 0.6) is 0 Å². The number of nitrogens with one attached hydrogen (secondary N) is 1. The summed E-state index contributed by atoms with van der Waals surface area (Å²) in [6.07, 6.45) is 2.61. The highest BCUT2D eigenvalue weighted by Gasteiger charge is 2.30. The van der Waals surface area contributed by atoms with Crippen LogP contribution in [0.3, 0.4) is 0 Å². The van der Waals surface area contributed by atoms with Gasteiger partial charge in [0.25, 0.3) is 0 Å². The highest BCUT2D eigenvalue weighted by atomic mass is 79.9. The summed E-state index contributed by atoms with van der Waals surface area (Å²) >= 11 is 4.53. The van der Waals surface area contributed by atoms with Crippen LogP contribution in [-0.4, -0.2) is 33.2 Å². The number of nitrogens with zero attached hydrogens (tertiary/aromatic N) is 3. The van der Waals surface area contributed by atoms with Crippen molar-refractivity contribution >= 4 is 50.0 Å². The molecule has 1 atom stereocenters. The second-order valence-corrected chi connectivity index (χ2v) is 8.86. The molecule has 3 rings (SSSR count). The Morgan fingerprint density at radius 1 is 1.48 bits per heavy atom. The zero-order chi connectivity index (χ0) is 21.3. The number of carbonyl (C=O) groups is 2. The quantitative estimate of drug-likeness (QED) is 0.377. The van der Waals surface area contributed by atoms with Crippen LogP contribution in [0.4, 0.5) is 10.8 Å². The number of hydrogen-bond donors (Lipinski definition) is 1. The first-order valence-corrected chi connectivity index (χ1v) is 10.8. The predicted molar refractivity (Wildman–Crippen MR) is 111 cm³/mol. The minimum absolute atomic E-state index is 0.209. The first kappa shape index (κ1) is 21.4. The summed E-state index contributed by atoms with van der Waals surface area (Å²) in [4.78, 5) is 36.7. The summed E-state index contributed by atoms with van der Waals surface area (Å²) in [5.74, 6) is -0.689. The van der Waals surface area contributed by atoms with Crippen molar-refractivity contribution < 1.29 is 19.2 Å². The Kier molecular flexibility index (Phi) is 6.37. The van der Waals surface area contributed by atoms with Gasteiger partial charge in [-0.2, -0.15) is 4.68 Å². The number of hydrogen-bond acceptors (Lipinski definition) is 7. The van der Waals surface area contributed by atoms with Crippen LogP contribution in [-0.2, 0) is 28.9 Å². The maximum absolute atomic E-state index is 12.6. The molecule has 0 bridgehead atoms. The van der Waals surface area contributed by atoms with Crippen molar-refractivity contribution in [2.45, 2.75) is 46.6 Å². The molecule has 9 nitrogen and oxygen atoms in total. The van der Waals surface area contributed by atoms with Gasteiger partial charge in [0.1, 0.15) is 16.0 Å². The van der Waals surface area contributed by atoms with Gasteiger partial charge in [-0.15, -0.1) is 11.3 Å². The van der Waals surface area contributed by atoms with Gasteiger partial charge in [-0.3, -0.25) is 4.79 Å². The molecule has 0 radical (unpaired) electrons. The number of carbonyl (C=O) groups excluding carboxylic acids is 2. The maximum atomic E-state index is 12.6. The molecule has 29 heavy (non-hydrogen) atoms. The zero-order valence-corrected chi connectivity index (χ0v) is 18.7. The lowest BCUT2D eigenvalue weighted by molar-refractivity contribution is -0.390. The molecule has 1 amide bonds. The van der Waals surface area contributed by atoms with Crippen LogP contribution in [0.15, 0.2) is 4.47 Å². The number of anilines is 1. The van der Waals surface area contributed by atoms with Gasteiger partial charge in [0.15, 0.2) is 0 Å².